The van der Waals surface area contributed by atoms with Gasteiger partial charge >= 0.3 is 0 Å². The largest absolute Gasteiger partial charge is 0.452 e. The number of nitrogens with zero attached hydrogens (tertiary/aromatic N) is 2. The molecule has 56 heavy (non-hydrogen) atoms. The number of benzene rings is 8. The average Bonchev–Trinajstić information content (AvgIpc) is 4.01. The Morgan fingerprint density at radius 2 is 1.04 bits per heavy atom. The van der Waals surface area contributed by atoms with Crippen LogP contribution in [0.1, 0.15) is 17.7 Å². The number of para-hydroxylation sites is 3. The molecule has 4 aromatic heterocycles. The number of allylic oxidation sites excluding steroid dienone is 1. The number of aromatic nitrogens is 2. The van der Waals surface area contributed by atoms with Crippen LogP contribution in [-0.4, -0.2) is 9.13 Å². The fourth-order valence-electron chi connectivity index (χ4n) is 9.76. The van der Waals surface area contributed by atoms with Gasteiger partial charge in [-0.3, -0.25) is 0 Å². The molecule has 13 rings (SSSR count). The Labute approximate surface area is 320 Å². The maximum Gasteiger partial charge on any atom is 0.179 e. The normalized spacial score (nSPS) is 13.1. The number of rotatable bonds is 3. The molecule has 0 radical (unpaired) electrons. The van der Waals surface area contributed by atoms with E-state index in [9.17, 15) is 0 Å². The zero-order chi connectivity index (χ0) is 36.5. The second-order valence-electron chi connectivity index (χ2n) is 15.1. The summed E-state index contributed by atoms with van der Waals surface area (Å²) in [6.45, 7) is 0. The lowest BCUT2D eigenvalue weighted by molar-refractivity contribution is 0.633. The summed E-state index contributed by atoms with van der Waals surface area (Å²) < 4.78 is 18.6. The highest BCUT2D eigenvalue weighted by Gasteiger charge is 2.24. The van der Waals surface area contributed by atoms with Crippen LogP contribution in [0.2, 0.25) is 0 Å². The van der Waals surface area contributed by atoms with E-state index in [1.165, 1.54) is 60.3 Å². The highest BCUT2D eigenvalue weighted by molar-refractivity contribution is 6.25. The maximum absolute atomic E-state index is 6.94. The van der Waals surface area contributed by atoms with Gasteiger partial charge in [0.1, 0.15) is 11.2 Å². The first kappa shape index (κ1) is 30.1. The summed E-state index contributed by atoms with van der Waals surface area (Å²) in [6.07, 6.45) is 6.64. The SMILES string of the molecule is C1=Cc2c(n(-c3ccc4oc5c(cc(-c6cccc7ccccc67)c6c7cc(-n8c9ccccc9c9ccccc98)ccc7oc56)c4c3)c3ccccc23)CC1. The second-order valence-corrected chi connectivity index (χ2v) is 15.1. The minimum Gasteiger partial charge on any atom is -0.452 e. The van der Waals surface area contributed by atoms with Crippen molar-refractivity contribution < 1.29 is 8.83 Å². The predicted octanol–water partition coefficient (Wildman–Crippen LogP) is 14.3. The van der Waals surface area contributed by atoms with Gasteiger partial charge in [0.2, 0.25) is 0 Å². The van der Waals surface area contributed by atoms with Gasteiger partial charge in [-0.15, -0.1) is 0 Å². The molecule has 1 aliphatic rings. The summed E-state index contributed by atoms with van der Waals surface area (Å²) in [5.74, 6) is 0. The van der Waals surface area contributed by atoms with Gasteiger partial charge in [0.05, 0.1) is 16.6 Å². The van der Waals surface area contributed by atoms with E-state index in [2.05, 4.69) is 179 Å². The van der Waals surface area contributed by atoms with Gasteiger partial charge in [-0.1, -0.05) is 109 Å². The summed E-state index contributed by atoms with van der Waals surface area (Å²) in [5.41, 5.74) is 14.0. The lowest BCUT2D eigenvalue weighted by Crippen LogP contribution is -2.02. The molecule has 0 atom stereocenters. The lowest BCUT2D eigenvalue weighted by atomic mass is 9.93. The number of furan rings is 2. The second kappa shape index (κ2) is 11.1. The van der Waals surface area contributed by atoms with Crippen LogP contribution in [-0.2, 0) is 6.42 Å². The molecule has 4 heteroatoms. The van der Waals surface area contributed by atoms with Gasteiger partial charge in [0.25, 0.3) is 0 Å². The van der Waals surface area contributed by atoms with Crippen molar-refractivity contribution in [2.24, 2.45) is 0 Å². The smallest absolute Gasteiger partial charge is 0.179 e. The molecule has 1 aliphatic carbocycles. The fourth-order valence-corrected chi connectivity index (χ4v) is 9.76. The summed E-state index contributed by atoms with van der Waals surface area (Å²) in [6, 6.07) is 57.0. The van der Waals surface area contributed by atoms with E-state index in [1.807, 2.05) is 0 Å². The lowest BCUT2D eigenvalue weighted by Gasteiger charge is -2.13. The molecule has 8 aromatic carbocycles. The van der Waals surface area contributed by atoms with Crippen molar-refractivity contribution in [3.05, 3.63) is 175 Å². The van der Waals surface area contributed by atoms with Crippen molar-refractivity contribution in [2.45, 2.75) is 12.8 Å². The first-order valence-electron chi connectivity index (χ1n) is 19.4. The molecular weight excluding hydrogens is 685 g/mol. The molecule has 4 nitrogen and oxygen atoms in total. The zero-order valence-electron chi connectivity index (χ0n) is 30.3. The van der Waals surface area contributed by atoms with Gasteiger partial charge in [-0.2, -0.15) is 0 Å². The Balaban J connectivity index is 1.13. The average molecular weight is 717 g/mol. The molecule has 0 saturated carbocycles. The number of hydrogen-bond donors (Lipinski definition) is 0. The molecule has 0 fully saturated rings. The van der Waals surface area contributed by atoms with Crippen molar-refractivity contribution in [3.63, 3.8) is 0 Å². The third kappa shape index (κ3) is 4.02. The Hall–Kier alpha value is -7.30. The van der Waals surface area contributed by atoms with Crippen LogP contribution in [0.5, 0.6) is 0 Å². The molecule has 4 heterocycles. The van der Waals surface area contributed by atoms with Gasteiger partial charge in [0.15, 0.2) is 11.2 Å². The molecule has 0 saturated heterocycles. The Morgan fingerprint density at radius 3 is 1.82 bits per heavy atom. The van der Waals surface area contributed by atoms with Crippen LogP contribution in [0.25, 0.3) is 116 Å². The minimum atomic E-state index is 0.770. The zero-order valence-corrected chi connectivity index (χ0v) is 30.3. The van der Waals surface area contributed by atoms with Crippen LogP contribution in [0.3, 0.4) is 0 Å². The van der Waals surface area contributed by atoms with Crippen LogP contribution < -0.4 is 0 Å². The highest BCUT2D eigenvalue weighted by Crippen LogP contribution is 2.47. The Kier molecular flexibility index (Phi) is 5.97. The Bertz CT molecular complexity index is 3600. The van der Waals surface area contributed by atoms with E-state index < -0.39 is 0 Å². The molecule has 0 amide bonds. The Morgan fingerprint density at radius 1 is 0.429 bits per heavy atom. The summed E-state index contributed by atoms with van der Waals surface area (Å²) >= 11 is 0. The van der Waals surface area contributed by atoms with Crippen LogP contribution in [0.4, 0.5) is 0 Å². The molecule has 262 valence electrons. The molecule has 0 unspecified atom stereocenters. The summed E-state index contributed by atoms with van der Waals surface area (Å²) in [7, 11) is 0. The first-order valence-corrected chi connectivity index (χ1v) is 19.4. The predicted molar refractivity (Wildman–Crippen MR) is 232 cm³/mol. The monoisotopic (exact) mass is 716 g/mol. The molecule has 0 bridgehead atoms. The molecule has 0 N–H and O–H groups in total. The van der Waals surface area contributed by atoms with Crippen LogP contribution in [0.15, 0.2) is 173 Å². The topological polar surface area (TPSA) is 36.1 Å². The summed E-state index contributed by atoms with van der Waals surface area (Å²) in [4.78, 5) is 0. The maximum atomic E-state index is 6.94. The van der Waals surface area contributed by atoms with Crippen molar-refractivity contribution in [1.82, 2.24) is 9.13 Å². The summed E-state index contributed by atoms with van der Waals surface area (Å²) in [5, 5.41) is 10.4. The molecular formula is C52H32N2O2. The third-order valence-corrected chi connectivity index (χ3v) is 12.2. The minimum absolute atomic E-state index is 0.770. The molecule has 0 spiro atoms. The van der Waals surface area contributed by atoms with Crippen LogP contribution in [0, 0.1) is 0 Å². The standard InChI is InChI=1S/C52H32N2O2/c1-2-14-34-31(12-1)13-11-19-35(34)41-30-42-40-28-32(53-44-20-7-3-15-36(44)37-16-4-8-21-45(37)53)24-26-48(40)55-51(42)52-50(41)43-29-33(25-27-49(43)56-52)54-46-22-9-5-17-38(46)39-18-6-10-23-47(39)54/h1-7,9-20,22-30H,8,21H2. The fraction of sp³-hybridized carbons (Fsp3) is 0.0385. The van der Waals surface area contributed by atoms with Crippen molar-refractivity contribution in [3.8, 4) is 22.5 Å². The highest BCUT2D eigenvalue weighted by atomic mass is 16.4. The van der Waals surface area contributed by atoms with Crippen molar-refractivity contribution >= 4 is 93.4 Å². The van der Waals surface area contributed by atoms with Crippen LogP contribution >= 0.6 is 0 Å². The van der Waals surface area contributed by atoms with E-state index >= 15 is 0 Å². The van der Waals surface area contributed by atoms with E-state index in [-0.39, 0.29) is 0 Å². The first-order chi connectivity index (χ1) is 27.8. The van der Waals surface area contributed by atoms with Gasteiger partial charge in [-0.05, 0) is 95.4 Å². The van der Waals surface area contributed by atoms with Gasteiger partial charge in [-0.25, -0.2) is 0 Å². The quantitative estimate of drug-likeness (QED) is 0.182. The molecule has 12 aromatic rings. The van der Waals surface area contributed by atoms with Crippen molar-refractivity contribution in [2.75, 3.05) is 0 Å². The van der Waals surface area contributed by atoms with E-state index in [0.717, 1.165) is 73.7 Å². The number of hydrogen-bond acceptors (Lipinski definition) is 2. The van der Waals surface area contributed by atoms with Gasteiger partial charge in [0, 0.05) is 60.3 Å². The third-order valence-electron chi connectivity index (χ3n) is 12.2. The van der Waals surface area contributed by atoms with E-state index in [0.29, 0.717) is 0 Å². The van der Waals surface area contributed by atoms with Crippen molar-refractivity contribution in [1.29, 1.82) is 0 Å². The van der Waals surface area contributed by atoms with E-state index in [1.54, 1.807) is 0 Å². The number of fused-ring (bicyclic) bond motifs is 14. The molecule has 0 aliphatic heterocycles. The van der Waals surface area contributed by atoms with E-state index in [4.69, 9.17) is 8.83 Å². The van der Waals surface area contributed by atoms with Gasteiger partial charge < -0.3 is 18.0 Å².